The van der Waals surface area contributed by atoms with E-state index in [4.69, 9.17) is 16.2 Å². The quantitative estimate of drug-likeness (QED) is 0.741. The molecule has 1 aromatic heterocycles. The number of aromatic nitrogens is 1. The molecule has 0 unspecified atom stereocenters. The van der Waals surface area contributed by atoms with Crippen LogP contribution in [0.15, 0.2) is 36.4 Å². The van der Waals surface area contributed by atoms with Gasteiger partial charge in [-0.25, -0.2) is 4.98 Å². The fraction of sp³-hybridized carbons (Fsp3) is 0.333. The number of nitrogens with two attached hydrogens (primary N) is 2. The Morgan fingerprint density at radius 1 is 1.24 bits per heavy atom. The van der Waals surface area contributed by atoms with Gasteiger partial charge < -0.3 is 21.1 Å². The van der Waals surface area contributed by atoms with Crippen molar-refractivity contribution >= 4 is 30.7 Å². The van der Waals surface area contributed by atoms with Crippen molar-refractivity contribution in [2.24, 2.45) is 11.5 Å². The molecule has 2 heterocycles. The van der Waals surface area contributed by atoms with Crippen molar-refractivity contribution in [2.45, 2.75) is 25.2 Å². The van der Waals surface area contributed by atoms with E-state index in [0.717, 1.165) is 12.5 Å². The van der Waals surface area contributed by atoms with Gasteiger partial charge in [-0.15, -0.1) is 24.8 Å². The van der Waals surface area contributed by atoms with Crippen molar-refractivity contribution in [3.63, 3.8) is 0 Å². The summed E-state index contributed by atoms with van der Waals surface area (Å²) in [6, 6.07) is 8.39. The van der Waals surface area contributed by atoms with E-state index in [2.05, 4.69) is 4.98 Å². The Labute approximate surface area is 178 Å². The van der Waals surface area contributed by atoms with Crippen LogP contribution < -0.4 is 16.2 Å². The first-order chi connectivity index (χ1) is 12.8. The zero-order valence-corrected chi connectivity index (χ0v) is 16.8. The van der Waals surface area contributed by atoms with Gasteiger partial charge in [0, 0.05) is 37.3 Å². The van der Waals surface area contributed by atoms with Crippen LogP contribution in [0.4, 0.5) is 13.2 Å². The molecule has 6 nitrogen and oxygen atoms in total. The van der Waals surface area contributed by atoms with Crippen LogP contribution in [0.25, 0.3) is 0 Å². The van der Waals surface area contributed by atoms with Crippen LogP contribution >= 0.6 is 24.8 Å². The smallest absolute Gasteiger partial charge is 0.433 e. The lowest BCUT2D eigenvalue weighted by molar-refractivity contribution is -0.141. The fourth-order valence-electron chi connectivity index (χ4n) is 2.84. The Hall–Kier alpha value is -2.07. The standard InChI is InChI=1S/C18H19F3N4O2.2ClH/c19-18(20,21)15-6-11(9-22)7-16(24-15)27-14-3-1-2-12(8-14)17(26)25-5-4-13(23)10-25;;/h1-3,6-8,13H,4-5,9-10,22-23H2;2*1H/t13-;;/m1../s1. The lowest BCUT2D eigenvalue weighted by Gasteiger charge is -2.16. The molecule has 4 N–H and O–H groups in total. The summed E-state index contributed by atoms with van der Waals surface area (Å²) >= 11 is 0. The molecule has 1 aliphatic heterocycles. The number of benzene rings is 1. The molecule has 2 aromatic rings. The van der Waals surface area contributed by atoms with Crippen LogP contribution in [0.5, 0.6) is 11.6 Å². The van der Waals surface area contributed by atoms with Crippen molar-refractivity contribution in [1.82, 2.24) is 9.88 Å². The number of alkyl halides is 3. The van der Waals surface area contributed by atoms with Crippen LogP contribution in [-0.2, 0) is 12.7 Å². The molecule has 1 fully saturated rings. The highest BCUT2D eigenvalue weighted by Gasteiger charge is 2.33. The maximum Gasteiger partial charge on any atom is 0.433 e. The van der Waals surface area contributed by atoms with E-state index in [0.29, 0.717) is 18.7 Å². The van der Waals surface area contributed by atoms with E-state index in [1.54, 1.807) is 17.0 Å². The highest BCUT2D eigenvalue weighted by Crippen LogP contribution is 2.31. The largest absolute Gasteiger partial charge is 0.439 e. The number of halogens is 5. The van der Waals surface area contributed by atoms with Gasteiger partial charge in [0.25, 0.3) is 5.91 Å². The topological polar surface area (TPSA) is 94.5 Å². The highest BCUT2D eigenvalue weighted by atomic mass is 35.5. The molecular formula is C18H21Cl2F3N4O2. The van der Waals surface area contributed by atoms with Gasteiger partial charge in [-0.1, -0.05) is 6.07 Å². The van der Waals surface area contributed by atoms with Crippen LogP contribution in [0.1, 0.15) is 28.0 Å². The molecule has 3 rings (SSSR count). The number of ether oxygens (including phenoxy) is 1. The third-order valence-electron chi connectivity index (χ3n) is 4.20. The number of hydrogen-bond donors (Lipinski definition) is 2. The van der Waals surface area contributed by atoms with E-state index < -0.39 is 11.9 Å². The second-order valence-electron chi connectivity index (χ2n) is 6.33. The molecule has 0 saturated carbocycles. The van der Waals surface area contributed by atoms with Crippen LogP contribution in [0.2, 0.25) is 0 Å². The Balaban J connectivity index is 0.00000210. The third-order valence-corrected chi connectivity index (χ3v) is 4.20. The van der Waals surface area contributed by atoms with Gasteiger partial charge in [0.15, 0.2) is 0 Å². The molecular weight excluding hydrogens is 432 g/mol. The number of carbonyl (C=O) groups is 1. The minimum Gasteiger partial charge on any atom is -0.439 e. The first-order valence-electron chi connectivity index (χ1n) is 8.37. The van der Waals surface area contributed by atoms with Gasteiger partial charge in [0.1, 0.15) is 11.4 Å². The number of pyridine rings is 1. The summed E-state index contributed by atoms with van der Waals surface area (Å²) in [5, 5.41) is 0. The zero-order chi connectivity index (χ0) is 19.6. The predicted molar refractivity (Wildman–Crippen MR) is 107 cm³/mol. The lowest BCUT2D eigenvalue weighted by atomic mass is 10.2. The van der Waals surface area contributed by atoms with Crippen molar-refractivity contribution < 1.29 is 22.7 Å². The number of nitrogens with zero attached hydrogens (tertiary/aromatic N) is 2. The van der Waals surface area contributed by atoms with E-state index >= 15 is 0 Å². The van der Waals surface area contributed by atoms with Gasteiger partial charge in [-0.05, 0) is 36.2 Å². The van der Waals surface area contributed by atoms with E-state index in [1.807, 2.05) is 0 Å². The molecule has 1 aliphatic rings. The maximum atomic E-state index is 13.0. The fourth-order valence-corrected chi connectivity index (χ4v) is 2.84. The predicted octanol–water partition coefficient (Wildman–Crippen LogP) is 3.37. The van der Waals surface area contributed by atoms with Crippen molar-refractivity contribution in [2.75, 3.05) is 13.1 Å². The summed E-state index contributed by atoms with van der Waals surface area (Å²) in [5.74, 6) is -0.231. The highest BCUT2D eigenvalue weighted by molar-refractivity contribution is 5.94. The normalized spacial score (nSPS) is 16.0. The van der Waals surface area contributed by atoms with Gasteiger partial charge in [-0.2, -0.15) is 13.2 Å². The van der Waals surface area contributed by atoms with Crippen molar-refractivity contribution in [1.29, 1.82) is 0 Å². The van der Waals surface area contributed by atoms with Crippen LogP contribution in [-0.4, -0.2) is 34.9 Å². The minimum absolute atomic E-state index is 0. The number of amides is 1. The van der Waals surface area contributed by atoms with E-state index in [9.17, 15) is 18.0 Å². The number of hydrogen-bond acceptors (Lipinski definition) is 5. The average Bonchev–Trinajstić information content (AvgIpc) is 3.06. The summed E-state index contributed by atoms with van der Waals surface area (Å²) in [6.07, 6.45) is -3.88. The SMILES string of the molecule is Cl.Cl.NCc1cc(Oc2cccc(C(=O)N3CC[C@@H](N)C3)c2)nc(C(F)(F)F)c1. The Bertz CT molecular complexity index is 852. The second-order valence-corrected chi connectivity index (χ2v) is 6.33. The molecule has 11 heteroatoms. The summed E-state index contributed by atoms with van der Waals surface area (Å²) in [7, 11) is 0. The monoisotopic (exact) mass is 452 g/mol. The first kappa shape index (κ1) is 25.0. The summed E-state index contributed by atoms with van der Waals surface area (Å²) in [4.78, 5) is 17.6. The molecule has 1 amide bonds. The first-order valence-corrected chi connectivity index (χ1v) is 8.37. The zero-order valence-electron chi connectivity index (χ0n) is 15.2. The van der Waals surface area contributed by atoms with Crippen LogP contribution in [0, 0.1) is 0 Å². The number of likely N-dealkylation sites (tertiary alicyclic amines) is 1. The Kier molecular flexibility index (Phi) is 8.70. The van der Waals surface area contributed by atoms with E-state index in [-0.39, 0.29) is 60.5 Å². The second kappa shape index (κ2) is 10.1. The molecule has 160 valence electrons. The minimum atomic E-state index is -4.62. The maximum absolute atomic E-state index is 13.0. The van der Waals surface area contributed by atoms with Gasteiger partial charge in [0.05, 0.1) is 0 Å². The molecule has 1 saturated heterocycles. The molecule has 1 aromatic carbocycles. The molecule has 0 spiro atoms. The van der Waals surface area contributed by atoms with Gasteiger partial charge in [-0.3, -0.25) is 4.79 Å². The van der Waals surface area contributed by atoms with Crippen molar-refractivity contribution in [3.05, 3.63) is 53.2 Å². The summed E-state index contributed by atoms with van der Waals surface area (Å²) in [5.41, 5.74) is 10.8. The van der Waals surface area contributed by atoms with Gasteiger partial charge >= 0.3 is 6.18 Å². The molecule has 1 atom stereocenters. The van der Waals surface area contributed by atoms with Gasteiger partial charge in [0.2, 0.25) is 5.88 Å². The number of rotatable bonds is 4. The van der Waals surface area contributed by atoms with Crippen LogP contribution in [0.3, 0.4) is 0 Å². The summed E-state index contributed by atoms with van der Waals surface area (Å²) in [6.45, 7) is 0.953. The Morgan fingerprint density at radius 3 is 2.55 bits per heavy atom. The molecule has 0 radical (unpaired) electrons. The Morgan fingerprint density at radius 2 is 1.97 bits per heavy atom. The third kappa shape index (κ3) is 6.20. The number of carbonyl (C=O) groups excluding carboxylic acids is 1. The molecule has 0 bridgehead atoms. The average molecular weight is 453 g/mol. The van der Waals surface area contributed by atoms with Crippen molar-refractivity contribution in [3.8, 4) is 11.6 Å². The molecule has 0 aliphatic carbocycles. The molecule has 29 heavy (non-hydrogen) atoms. The lowest BCUT2D eigenvalue weighted by Crippen LogP contribution is -2.31. The summed E-state index contributed by atoms with van der Waals surface area (Å²) < 4.78 is 44.4. The van der Waals surface area contributed by atoms with E-state index in [1.165, 1.54) is 18.2 Å².